The number of hydrogen-bond acceptors (Lipinski definition) is 2. The van der Waals surface area contributed by atoms with Crippen molar-refractivity contribution in [2.75, 3.05) is 0 Å². The number of imidazole rings is 1. The molecule has 10 heavy (non-hydrogen) atoms. The summed E-state index contributed by atoms with van der Waals surface area (Å²) in [6.07, 6.45) is 3.65. The highest BCUT2D eigenvalue weighted by Crippen LogP contribution is 2.12. The molecule has 1 rings (SSSR count). The second-order valence-corrected chi connectivity index (χ2v) is 3.08. The zero-order valence-corrected chi connectivity index (χ0v) is 6.63. The van der Waals surface area contributed by atoms with E-state index in [1.54, 1.807) is 6.20 Å². The monoisotopic (exact) mass is 139 g/mol. The van der Waals surface area contributed by atoms with E-state index in [4.69, 9.17) is 5.73 Å². The predicted octanol–water partition coefficient (Wildman–Crippen LogP) is 0.614. The van der Waals surface area contributed by atoms with Gasteiger partial charge in [-0.3, -0.25) is 0 Å². The molecule has 0 aliphatic heterocycles. The molecule has 0 spiro atoms. The minimum absolute atomic E-state index is 0.335. The average Bonchev–Trinajstić information content (AvgIpc) is 2.11. The molecule has 0 atom stereocenters. The molecule has 0 aromatic carbocycles. The zero-order chi connectivity index (χ0) is 7.78. The Morgan fingerprint density at radius 1 is 1.60 bits per heavy atom. The Labute approximate surface area is 60.9 Å². The van der Waals surface area contributed by atoms with E-state index in [9.17, 15) is 0 Å². The molecule has 56 valence electrons. The van der Waals surface area contributed by atoms with Gasteiger partial charge in [-0.15, -0.1) is 0 Å². The number of hydrogen-bond donors (Lipinski definition) is 1. The van der Waals surface area contributed by atoms with E-state index in [2.05, 4.69) is 4.98 Å². The Bertz CT molecular complexity index is 219. The van der Waals surface area contributed by atoms with Gasteiger partial charge in [-0.25, -0.2) is 4.98 Å². The van der Waals surface area contributed by atoms with E-state index in [1.165, 1.54) is 0 Å². The molecule has 0 aliphatic rings. The summed E-state index contributed by atoms with van der Waals surface area (Å²) in [5.74, 6) is 0.910. The van der Waals surface area contributed by atoms with Crippen LogP contribution in [-0.4, -0.2) is 9.55 Å². The van der Waals surface area contributed by atoms with Crippen LogP contribution in [0.25, 0.3) is 0 Å². The van der Waals surface area contributed by atoms with Crippen LogP contribution >= 0.6 is 0 Å². The third kappa shape index (κ3) is 1.19. The lowest BCUT2D eigenvalue weighted by atomic mass is 10.1. The van der Waals surface area contributed by atoms with Crippen LogP contribution in [0.15, 0.2) is 12.4 Å². The lowest BCUT2D eigenvalue weighted by molar-refractivity contribution is 0.494. The third-order valence-corrected chi connectivity index (χ3v) is 1.40. The minimum atomic E-state index is -0.335. The van der Waals surface area contributed by atoms with E-state index in [0.717, 1.165) is 5.82 Å². The normalized spacial score (nSPS) is 12.0. The van der Waals surface area contributed by atoms with E-state index in [-0.39, 0.29) is 5.54 Å². The quantitative estimate of drug-likeness (QED) is 0.619. The van der Waals surface area contributed by atoms with Gasteiger partial charge in [0.25, 0.3) is 0 Å². The molecule has 2 N–H and O–H groups in total. The minimum Gasteiger partial charge on any atom is -0.336 e. The Kier molecular flexibility index (Phi) is 1.52. The summed E-state index contributed by atoms with van der Waals surface area (Å²) < 4.78 is 1.93. The first kappa shape index (κ1) is 7.28. The lowest BCUT2D eigenvalue weighted by Gasteiger charge is -2.17. The Balaban J connectivity index is 3.05. The van der Waals surface area contributed by atoms with Gasteiger partial charge in [-0.1, -0.05) is 0 Å². The van der Waals surface area contributed by atoms with E-state index in [1.807, 2.05) is 31.7 Å². The topological polar surface area (TPSA) is 43.8 Å². The lowest BCUT2D eigenvalue weighted by Crippen LogP contribution is -2.31. The molecule has 0 fully saturated rings. The summed E-state index contributed by atoms with van der Waals surface area (Å²) in [5.41, 5.74) is 5.48. The number of nitrogens with zero attached hydrogens (tertiary/aromatic N) is 2. The SMILES string of the molecule is Cn1ccnc1C(C)(C)N. The van der Waals surface area contributed by atoms with Gasteiger partial charge in [0.15, 0.2) is 0 Å². The fourth-order valence-corrected chi connectivity index (χ4v) is 0.986. The van der Waals surface area contributed by atoms with E-state index < -0.39 is 0 Å². The van der Waals surface area contributed by atoms with Crippen LogP contribution in [0.2, 0.25) is 0 Å². The largest absolute Gasteiger partial charge is 0.336 e. The molecule has 0 aliphatic carbocycles. The van der Waals surface area contributed by atoms with Gasteiger partial charge >= 0.3 is 0 Å². The molecule has 1 aromatic heterocycles. The number of aryl methyl sites for hydroxylation is 1. The molecule has 0 amide bonds. The smallest absolute Gasteiger partial charge is 0.127 e. The van der Waals surface area contributed by atoms with Crippen LogP contribution < -0.4 is 5.73 Å². The van der Waals surface area contributed by atoms with Gasteiger partial charge in [-0.2, -0.15) is 0 Å². The maximum absolute atomic E-state index is 5.82. The molecule has 0 bridgehead atoms. The van der Waals surface area contributed by atoms with E-state index in [0.29, 0.717) is 0 Å². The fourth-order valence-electron chi connectivity index (χ4n) is 0.986. The fraction of sp³-hybridized carbons (Fsp3) is 0.571. The van der Waals surface area contributed by atoms with Crippen LogP contribution in [0.1, 0.15) is 19.7 Å². The van der Waals surface area contributed by atoms with Gasteiger partial charge in [0.1, 0.15) is 5.82 Å². The van der Waals surface area contributed by atoms with Gasteiger partial charge < -0.3 is 10.3 Å². The number of nitrogens with two attached hydrogens (primary N) is 1. The van der Waals surface area contributed by atoms with Crippen molar-refractivity contribution in [2.24, 2.45) is 12.8 Å². The molecular weight excluding hydrogens is 126 g/mol. The van der Waals surface area contributed by atoms with Crippen LogP contribution in [0.4, 0.5) is 0 Å². The molecule has 1 heterocycles. The Morgan fingerprint density at radius 2 is 2.20 bits per heavy atom. The van der Waals surface area contributed by atoms with Gasteiger partial charge in [-0.05, 0) is 13.8 Å². The summed E-state index contributed by atoms with van der Waals surface area (Å²) in [6, 6.07) is 0. The maximum Gasteiger partial charge on any atom is 0.127 e. The highest BCUT2D eigenvalue weighted by molar-refractivity contribution is 5.02. The molecule has 0 saturated carbocycles. The summed E-state index contributed by atoms with van der Waals surface area (Å²) in [7, 11) is 1.94. The van der Waals surface area contributed by atoms with E-state index >= 15 is 0 Å². The van der Waals surface area contributed by atoms with Crippen molar-refractivity contribution in [2.45, 2.75) is 19.4 Å². The van der Waals surface area contributed by atoms with Crippen molar-refractivity contribution in [1.82, 2.24) is 9.55 Å². The number of aromatic nitrogens is 2. The first-order valence-corrected chi connectivity index (χ1v) is 3.28. The highest BCUT2D eigenvalue weighted by atomic mass is 15.1. The predicted molar refractivity (Wildman–Crippen MR) is 40.4 cm³/mol. The summed E-state index contributed by atoms with van der Waals surface area (Å²) in [4.78, 5) is 4.12. The molecule has 0 unspecified atom stereocenters. The Morgan fingerprint density at radius 3 is 2.40 bits per heavy atom. The van der Waals surface area contributed by atoms with Crippen molar-refractivity contribution in [1.29, 1.82) is 0 Å². The van der Waals surface area contributed by atoms with Crippen molar-refractivity contribution in [3.05, 3.63) is 18.2 Å². The van der Waals surface area contributed by atoms with Crippen LogP contribution in [-0.2, 0) is 12.6 Å². The van der Waals surface area contributed by atoms with Crippen molar-refractivity contribution in [3.8, 4) is 0 Å². The van der Waals surface area contributed by atoms with Gasteiger partial charge in [0.2, 0.25) is 0 Å². The van der Waals surface area contributed by atoms with Crippen LogP contribution in [0.5, 0.6) is 0 Å². The first-order valence-electron chi connectivity index (χ1n) is 3.28. The second-order valence-electron chi connectivity index (χ2n) is 3.08. The molecule has 3 nitrogen and oxygen atoms in total. The number of rotatable bonds is 1. The van der Waals surface area contributed by atoms with Crippen LogP contribution in [0, 0.1) is 0 Å². The molecule has 0 saturated heterocycles. The molecule has 1 aromatic rings. The first-order chi connectivity index (χ1) is 4.52. The van der Waals surface area contributed by atoms with Crippen molar-refractivity contribution < 1.29 is 0 Å². The maximum atomic E-state index is 5.82. The van der Waals surface area contributed by atoms with Crippen molar-refractivity contribution >= 4 is 0 Å². The highest BCUT2D eigenvalue weighted by Gasteiger charge is 2.17. The van der Waals surface area contributed by atoms with Crippen LogP contribution in [0.3, 0.4) is 0 Å². The average molecular weight is 139 g/mol. The van der Waals surface area contributed by atoms with Gasteiger partial charge in [0.05, 0.1) is 5.54 Å². The molecule has 0 radical (unpaired) electrons. The molecular formula is C7H13N3. The third-order valence-electron chi connectivity index (χ3n) is 1.40. The Hall–Kier alpha value is -0.830. The zero-order valence-electron chi connectivity index (χ0n) is 6.63. The summed E-state index contributed by atoms with van der Waals surface area (Å²) >= 11 is 0. The standard InChI is InChI=1S/C7H13N3/c1-7(2,8)6-9-4-5-10(6)3/h4-5H,8H2,1-3H3. The van der Waals surface area contributed by atoms with Gasteiger partial charge in [0, 0.05) is 19.4 Å². The second kappa shape index (κ2) is 2.09. The van der Waals surface area contributed by atoms with Crippen molar-refractivity contribution in [3.63, 3.8) is 0 Å². The molecule has 3 heteroatoms. The summed E-state index contributed by atoms with van der Waals surface area (Å²) in [6.45, 7) is 3.88. The summed E-state index contributed by atoms with van der Waals surface area (Å²) in [5, 5.41) is 0.